The molecule has 0 saturated heterocycles. The van der Waals surface area contributed by atoms with E-state index in [4.69, 9.17) is 10.2 Å². The molecule has 1 unspecified atom stereocenters. The highest BCUT2D eigenvalue weighted by molar-refractivity contribution is 6.05. The van der Waals surface area contributed by atoms with Gasteiger partial charge < -0.3 is 10.2 Å². The molecule has 0 saturated carbocycles. The van der Waals surface area contributed by atoms with Gasteiger partial charge in [0.05, 0.1) is 0 Å². The molecule has 0 aliphatic heterocycles. The van der Waals surface area contributed by atoms with Gasteiger partial charge in [-0.05, 0) is 64.6 Å². The normalized spacial score (nSPS) is 16.2. The predicted molar refractivity (Wildman–Crippen MR) is 133 cm³/mol. The molecule has 32 heavy (non-hydrogen) atoms. The van der Waals surface area contributed by atoms with Crippen LogP contribution in [0.1, 0.15) is 23.5 Å². The Hall–Kier alpha value is -4.04. The topological polar surface area (TPSA) is 39.2 Å². The molecule has 2 heteroatoms. The quantitative estimate of drug-likeness (QED) is 0.330. The van der Waals surface area contributed by atoms with Crippen molar-refractivity contribution in [3.63, 3.8) is 0 Å². The van der Waals surface area contributed by atoms with Gasteiger partial charge in [0, 0.05) is 22.4 Å². The van der Waals surface area contributed by atoms with Gasteiger partial charge in [0.15, 0.2) is 0 Å². The van der Waals surface area contributed by atoms with Gasteiger partial charge in [-0.15, -0.1) is 0 Å². The van der Waals surface area contributed by atoms with Crippen molar-refractivity contribution >= 4 is 27.5 Å². The molecule has 5 aromatic rings. The van der Waals surface area contributed by atoms with Crippen molar-refractivity contribution in [1.29, 1.82) is 0 Å². The second-order valence-corrected chi connectivity index (χ2v) is 8.40. The average molecular weight is 414 g/mol. The lowest BCUT2D eigenvalue weighted by molar-refractivity contribution is 0.668. The summed E-state index contributed by atoms with van der Waals surface area (Å²) in [6.45, 7) is 0. The molecule has 0 spiro atoms. The van der Waals surface area contributed by atoms with Gasteiger partial charge in [-0.3, -0.25) is 0 Å². The molecule has 2 N–H and O–H groups in total. The van der Waals surface area contributed by atoms with E-state index in [2.05, 4.69) is 91.0 Å². The van der Waals surface area contributed by atoms with Crippen molar-refractivity contribution in [3.8, 4) is 11.1 Å². The van der Waals surface area contributed by atoms with Crippen LogP contribution in [0.25, 0.3) is 38.6 Å². The summed E-state index contributed by atoms with van der Waals surface area (Å²) in [5.41, 5.74) is 15.3. The molecule has 0 fully saturated rings. The largest absolute Gasteiger partial charge is 0.456 e. The van der Waals surface area contributed by atoms with Crippen LogP contribution in [0.4, 0.5) is 0 Å². The number of furan rings is 1. The standard InChI is InChI=1S/C30H23NO/c31-28-15-13-22(23-14-16-30-27(19-23)25-11-4-5-12-29(25)32-30)18-26(28)24-10-6-9-21(17-24)20-7-2-1-3-8-20/h1-17,19,22H,18,31H2. The molecule has 4 aromatic carbocycles. The number of fused-ring (bicyclic) bond motifs is 3. The van der Waals surface area contributed by atoms with Gasteiger partial charge in [0.2, 0.25) is 0 Å². The van der Waals surface area contributed by atoms with Crippen molar-refractivity contribution in [2.75, 3.05) is 0 Å². The minimum absolute atomic E-state index is 0.274. The van der Waals surface area contributed by atoms with Gasteiger partial charge in [-0.25, -0.2) is 0 Å². The van der Waals surface area contributed by atoms with E-state index in [0.717, 1.165) is 28.7 Å². The van der Waals surface area contributed by atoms with Crippen LogP contribution in [0.5, 0.6) is 0 Å². The first kappa shape index (κ1) is 18.7. The zero-order valence-corrected chi connectivity index (χ0v) is 17.7. The molecule has 0 bridgehead atoms. The lowest BCUT2D eigenvalue weighted by Gasteiger charge is -2.22. The third kappa shape index (κ3) is 3.21. The Kier molecular flexibility index (Phi) is 4.43. The van der Waals surface area contributed by atoms with Crippen molar-refractivity contribution in [2.24, 2.45) is 5.73 Å². The lowest BCUT2D eigenvalue weighted by Crippen LogP contribution is -2.09. The van der Waals surface area contributed by atoms with Crippen LogP contribution in [0.3, 0.4) is 0 Å². The second-order valence-electron chi connectivity index (χ2n) is 8.40. The molecule has 6 rings (SSSR count). The lowest BCUT2D eigenvalue weighted by atomic mass is 9.83. The van der Waals surface area contributed by atoms with Crippen LogP contribution in [0, 0.1) is 0 Å². The monoisotopic (exact) mass is 413 g/mol. The number of allylic oxidation sites excluding steroid dienone is 3. The Morgan fingerprint density at radius 1 is 0.656 bits per heavy atom. The van der Waals surface area contributed by atoms with Crippen LogP contribution >= 0.6 is 0 Å². The highest BCUT2D eigenvalue weighted by Gasteiger charge is 2.20. The number of para-hydroxylation sites is 1. The number of rotatable bonds is 3. The first-order valence-corrected chi connectivity index (χ1v) is 11.0. The van der Waals surface area contributed by atoms with Gasteiger partial charge in [-0.1, -0.05) is 78.9 Å². The van der Waals surface area contributed by atoms with Crippen LogP contribution in [-0.2, 0) is 0 Å². The van der Waals surface area contributed by atoms with E-state index >= 15 is 0 Å². The highest BCUT2D eigenvalue weighted by atomic mass is 16.3. The van der Waals surface area contributed by atoms with E-state index in [1.165, 1.54) is 33.2 Å². The Morgan fingerprint density at radius 2 is 1.41 bits per heavy atom. The van der Waals surface area contributed by atoms with Gasteiger partial charge in [0.25, 0.3) is 0 Å². The maximum absolute atomic E-state index is 6.47. The SMILES string of the molecule is NC1=C(c2cccc(-c3ccccc3)c2)CC(c2ccc3oc4ccccc4c3c2)C=C1. The van der Waals surface area contributed by atoms with Gasteiger partial charge in [-0.2, -0.15) is 0 Å². The Labute approximate surface area is 187 Å². The Bertz CT molecular complexity index is 1500. The number of nitrogens with two attached hydrogens (primary N) is 1. The smallest absolute Gasteiger partial charge is 0.135 e. The third-order valence-electron chi connectivity index (χ3n) is 6.43. The molecule has 154 valence electrons. The molecular weight excluding hydrogens is 390 g/mol. The molecule has 1 aromatic heterocycles. The molecule has 0 amide bonds. The molecule has 1 aliphatic rings. The summed E-state index contributed by atoms with van der Waals surface area (Å²) in [6, 6.07) is 33.9. The minimum atomic E-state index is 0.274. The molecule has 2 nitrogen and oxygen atoms in total. The van der Waals surface area contributed by atoms with Crippen LogP contribution in [-0.4, -0.2) is 0 Å². The Balaban J connectivity index is 1.36. The summed E-state index contributed by atoms with van der Waals surface area (Å²) in [6.07, 6.45) is 5.17. The van der Waals surface area contributed by atoms with E-state index in [1.807, 2.05) is 18.2 Å². The van der Waals surface area contributed by atoms with Crippen molar-refractivity contribution in [3.05, 3.63) is 126 Å². The van der Waals surface area contributed by atoms with Crippen molar-refractivity contribution in [1.82, 2.24) is 0 Å². The number of hydrogen-bond acceptors (Lipinski definition) is 2. The van der Waals surface area contributed by atoms with Gasteiger partial charge >= 0.3 is 0 Å². The molecule has 1 atom stereocenters. The number of benzene rings is 4. The highest BCUT2D eigenvalue weighted by Crippen LogP contribution is 2.38. The Morgan fingerprint density at radius 3 is 2.31 bits per heavy atom. The molecule has 1 heterocycles. The van der Waals surface area contributed by atoms with Crippen molar-refractivity contribution < 1.29 is 4.42 Å². The van der Waals surface area contributed by atoms with E-state index in [9.17, 15) is 0 Å². The molecular formula is C30H23NO. The molecule has 0 radical (unpaired) electrons. The fourth-order valence-electron chi connectivity index (χ4n) is 4.73. The summed E-state index contributed by atoms with van der Waals surface area (Å²) in [4.78, 5) is 0. The van der Waals surface area contributed by atoms with Crippen LogP contribution < -0.4 is 5.73 Å². The summed E-state index contributed by atoms with van der Waals surface area (Å²) < 4.78 is 6.01. The van der Waals surface area contributed by atoms with E-state index in [1.54, 1.807) is 0 Å². The first-order chi connectivity index (χ1) is 15.8. The fraction of sp³-hybridized carbons (Fsp3) is 0.0667. The number of hydrogen-bond donors (Lipinski definition) is 1. The van der Waals surface area contributed by atoms with Crippen molar-refractivity contribution in [2.45, 2.75) is 12.3 Å². The minimum Gasteiger partial charge on any atom is -0.456 e. The maximum atomic E-state index is 6.47. The zero-order chi connectivity index (χ0) is 21.5. The van der Waals surface area contributed by atoms with Crippen LogP contribution in [0.15, 0.2) is 119 Å². The van der Waals surface area contributed by atoms with E-state index in [0.29, 0.717) is 0 Å². The predicted octanol–water partition coefficient (Wildman–Crippen LogP) is 7.67. The average Bonchev–Trinajstić information content (AvgIpc) is 3.23. The van der Waals surface area contributed by atoms with E-state index in [-0.39, 0.29) is 5.92 Å². The first-order valence-electron chi connectivity index (χ1n) is 11.0. The second kappa shape index (κ2) is 7.58. The van der Waals surface area contributed by atoms with Gasteiger partial charge in [0.1, 0.15) is 11.2 Å². The summed E-state index contributed by atoms with van der Waals surface area (Å²) in [7, 11) is 0. The zero-order valence-electron chi connectivity index (χ0n) is 17.7. The fourth-order valence-corrected chi connectivity index (χ4v) is 4.73. The summed E-state index contributed by atoms with van der Waals surface area (Å²) >= 11 is 0. The van der Waals surface area contributed by atoms with E-state index < -0.39 is 0 Å². The summed E-state index contributed by atoms with van der Waals surface area (Å²) in [5, 5.41) is 2.33. The van der Waals surface area contributed by atoms with Crippen LogP contribution in [0.2, 0.25) is 0 Å². The molecule has 1 aliphatic carbocycles. The summed E-state index contributed by atoms with van der Waals surface area (Å²) in [5.74, 6) is 0.274. The third-order valence-corrected chi connectivity index (χ3v) is 6.43. The maximum Gasteiger partial charge on any atom is 0.135 e.